The minimum atomic E-state index is -3.53. The van der Waals surface area contributed by atoms with E-state index in [4.69, 9.17) is 0 Å². The molecule has 1 heterocycles. The van der Waals surface area contributed by atoms with Gasteiger partial charge in [0.15, 0.2) is 0 Å². The smallest absolute Gasteiger partial charge is 0.224 e. The second kappa shape index (κ2) is 7.51. The van der Waals surface area contributed by atoms with Gasteiger partial charge in [-0.25, -0.2) is 13.4 Å². The Bertz CT molecular complexity index is 719. The van der Waals surface area contributed by atoms with Gasteiger partial charge in [0.25, 0.3) is 10.0 Å². The number of para-hydroxylation sites is 1. The van der Waals surface area contributed by atoms with Gasteiger partial charge in [0.05, 0.1) is 10.2 Å². The zero-order chi connectivity index (χ0) is 16.3. The third-order valence-electron chi connectivity index (χ3n) is 4.03. The van der Waals surface area contributed by atoms with E-state index < -0.39 is 10.0 Å². The molecule has 0 amide bonds. The number of benzene rings is 1. The number of hydrogen-bond acceptors (Lipinski definition) is 5. The molecule has 1 fully saturated rings. The molecule has 0 radical (unpaired) electrons. The first-order valence-electron chi connectivity index (χ1n) is 8.16. The fraction of sp³-hybridized carbons (Fsp3) is 0.562. The zero-order valence-corrected chi connectivity index (χ0v) is 15.7. The Kier molecular flexibility index (Phi) is 5.61. The summed E-state index contributed by atoms with van der Waals surface area (Å²) < 4.78 is 29.1. The van der Waals surface area contributed by atoms with E-state index in [0.29, 0.717) is 0 Å². The summed E-state index contributed by atoms with van der Waals surface area (Å²) >= 11 is 2.73. The lowest BCUT2D eigenvalue weighted by molar-refractivity contribution is 0.345. The molecule has 2 aromatic rings. The van der Waals surface area contributed by atoms with Crippen molar-refractivity contribution in [3.8, 4) is 0 Å². The molecule has 0 aliphatic heterocycles. The first-order chi connectivity index (χ1) is 11.1. The van der Waals surface area contributed by atoms with Crippen LogP contribution in [0.2, 0.25) is 0 Å². The molecule has 1 saturated carbocycles. The average molecular weight is 371 g/mol. The number of nitrogens with zero attached hydrogens (tertiary/aromatic N) is 2. The average Bonchev–Trinajstić information content (AvgIpc) is 3.01. The fourth-order valence-corrected chi connectivity index (χ4v) is 7.40. The van der Waals surface area contributed by atoms with Gasteiger partial charge in [-0.1, -0.05) is 50.3 Å². The summed E-state index contributed by atoms with van der Waals surface area (Å²) in [5.74, 6) is 0.820. The fourth-order valence-electron chi connectivity index (χ4n) is 2.88. The number of hydrogen-bond donors (Lipinski definition) is 0. The van der Waals surface area contributed by atoms with E-state index in [1.54, 1.807) is 3.71 Å². The molecule has 0 N–H and O–H groups in total. The summed E-state index contributed by atoms with van der Waals surface area (Å²) in [6.07, 6.45) is 6.32. The first-order valence-corrected chi connectivity index (χ1v) is 11.4. The molecule has 0 saturated heterocycles. The lowest BCUT2D eigenvalue weighted by atomic mass is 9.96. The van der Waals surface area contributed by atoms with Crippen molar-refractivity contribution in [2.45, 2.75) is 55.8 Å². The molecular weight excluding hydrogens is 348 g/mol. The number of fused-ring (bicyclic) bond motifs is 1. The molecule has 126 valence electrons. The summed E-state index contributed by atoms with van der Waals surface area (Å²) in [6.45, 7) is 2.08. The Morgan fingerprint density at radius 3 is 2.70 bits per heavy atom. The quantitative estimate of drug-likeness (QED) is 0.693. The van der Waals surface area contributed by atoms with Crippen molar-refractivity contribution in [3.63, 3.8) is 0 Å². The highest BCUT2D eigenvalue weighted by molar-refractivity contribution is 8.09. The number of thiazole rings is 1. The standard InChI is InChI=1S/C16H22N2O2S3/c1-2-12-21-18(13-8-4-3-5-9-13)23(19,20)16-17-14-10-6-7-11-15(14)22-16/h6-7,10-11,13H,2-5,8-9,12H2,1H3. The van der Waals surface area contributed by atoms with Crippen molar-refractivity contribution < 1.29 is 8.42 Å². The van der Waals surface area contributed by atoms with Crippen LogP contribution in [0.15, 0.2) is 28.6 Å². The lowest BCUT2D eigenvalue weighted by Crippen LogP contribution is -2.36. The molecule has 0 spiro atoms. The molecule has 1 aromatic carbocycles. The normalized spacial score (nSPS) is 17.1. The van der Waals surface area contributed by atoms with Crippen LogP contribution in [0.25, 0.3) is 10.2 Å². The van der Waals surface area contributed by atoms with Crippen LogP contribution in [-0.4, -0.2) is 28.9 Å². The molecule has 0 bridgehead atoms. The van der Waals surface area contributed by atoms with E-state index in [9.17, 15) is 8.42 Å². The first kappa shape index (κ1) is 17.2. The molecular formula is C16H22N2O2S3. The highest BCUT2D eigenvalue weighted by Crippen LogP contribution is 2.36. The van der Waals surface area contributed by atoms with Gasteiger partial charge in [-0.2, -0.15) is 0 Å². The molecule has 4 nitrogen and oxygen atoms in total. The van der Waals surface area contributed by atoms with Crippen LogP contribution < -0.4 is 0 Å². The summed E-state index contributed by atoms with van der Waals surface area (Å²) in [5, 5.41) is 0. The number of sulfonamides is 1. The largest absolute Gasteiger partial charge is 0.279 e. The number of rotatable bonds is 6. The van der Waals surface area contributed by atoms with Gasteiger partial charge >= 0.3 is 0 Å². The van der Waals surface area contributed by atoms with E-state index in [-0.39, 0.29) is 10.4 Å². The maximum Gasteiger partial charge on any atom is 0.279 e. The van der Waals surface area contributed by atoms with Crippen LogP contribution in [-0.2, 0) is 10.0 Å². The minimum Gasteiger partial charge on any atom is -0.224 e. The third-order valence-corrected chi connectivity index (χ3v) is 9.09. The molecule has 0 atom stereocenters. The topological polar surface area (TPSA) is 50.3 Å². The van der Waals surface area contributed by atoms with Crippen LogP contribution >= 0.6 is 23.3 Å². The van der Waals surface area contributed by atoms with E-state index in [1.165, 1.54) is 29.7 Å². The molecule has 23 heavy (non-hydrogen) atoms. The Morgan fingerprint density at radius 2 is 2.00 bits per heavy atom. The lowest BCUT2D eigenvalue weighted by Gasteiger charge is -2.31. The second-order valence-corrected chi connectivity index (χ2v) is 10.1. The Labute approximate surface area is 146 Å². The minimum absolute atomic E-state index is 0.109. The van der Waals surface area contributed by atoms with E-state index >= 15 is 0 Å². The molecule has 1 aromatic heterocycles. The zero-order valence-electron chi connectivity index (χ0n) is 13.3. The maximum absolute atomic E-state index is 13.2. The molecule has 0 unspecified atom stereocenters. The molecule has 1 aliphatic carbocycles. The van der Waals surface area contributed by atoms with Gasteiger partial charge in [0, 0.05) is 11.8 Å². The maximum atomic E-state index is 13.2. The van der Waals surface area contributed by atoms with E-state index in [1.807, 2.05) is 24.3 Å². The van der Waals surface area contributed by atoms with Crippen LogP contribution in [0.3, 0.4) is 0 Å². The number of aromatic nitrogens is 1. The second-order valence-electron chi connectivity index (χ2n) is 5.83. The molecule has 1 aliphatic rings. The van der Waals surface area contributed by atoms with Gasteiger partial charge in [-0.3, -0.25) is 0 Å². The predicted molar refractivity (Wildman–Crippen MR) is 98.3 cm³/mol. The van der Waals surface area contributed by atoms with Crippen LogP contribution in [0.1, 0.15) is 45.4 Å². The van der Waals surface area contributed by atoms with Crippen LogP contribution in [0.5, 0.6) is 0 Å². The van der Waals surface area contributed by atoms with E-state index in [2.05, 4.69) is 11.9 Å². The van der Waals surface area contributed by atoms with Gasteiger partial charge < -0.3 is 0 Å². The summed E-state index contributed by atoms with van der Waals surface area (Å²) in [6, 6.07) is 7.72. The van der Waals surface area contributed by atoms with Crippen LogP contribution in [0.4, 0.5) is 0 Å². The highest BCUT2D eigenvalue weighted by Gasteiger charge is 2.35. The highest BCUT2D eigenvalue weighted by atomic mass is 32.3. The van der Waals surface area contributed by atoms with Crippen molar-refractivity contribution in [1.82, 2.24) is 8.69 Å². The summed E-state index contributed by atoms with van der Waals surface area (Å²) in [7, 11) is -3.53. The SMILES string of the molecule is CCCSN(C1CCCCC1)S(=O)(=O)c1nc2ccccc2s1. The van der Waals surface area contributed by atoms with Gasteiger partial charge in [0.2, 0.25) is 4.34 Å². The van der Waals surface area contributed by atoms with Gasteiger partial charge in [0.1, 0.15) is 0 Å². The van der Waals surface area contributed by atoms with Crippen molar-refractivity contribution >= 4 is 43.5 Å². The van der Waals surface area contributed by atoms with Crippen molar-refractivity contribution in [2.24, 2.45) is 0 Å². The predicted octanol–water partition coefficient (Wildman–Crippen LogP) is 4.68. The Hall–Kier alpha value is -0.630. The van der Waals surface area contributed by atoms with Gasteiger partial charge in [-0.05, 0) is 31.4 Å². The van der Waals surface area contributed by atoms with Crippen LogP contribution in [0, 0.1) is 0 Å². The third kappa shape index (κ3) is 3.73. The van der Waals surface area contributed by atoms with Crippen molar-refractivity contribution in [2.75, 3.05) is 5.75 Å². The molecule has 7 heteroatoms. The van der Waals surface area contributed by atoms with E-state index in [0.717, 1.165) is 48.1 Å². The molecule has 3 rings (SSSR count). The van der Waals surface area contributed by atoms with Gasteiger partial charge in [-0.15, -0.1) is 15.0 Å². The van der Waals surface area contributed by atoms with Crippen molar-refractivity contribution in [3.05, 3.63) is 24.3 Å². The van der Waals surface area contributed by atoms with Crippen molar-refractivity contribution in [1.29, 1.82) is 0 Å². The summed E-state index contributed by atoms with van der Waals surface area (Å²) in [5.41, 5.74) is 0.764. The summed E-state index contributed by atoms with van der Waals surface area (Å²) in [4.78, 5) is 4.38. The monoisotopic (exact) mass is 370 g/mol. The Morgan fingerprint density at radius 1 is 1.26 bits per heavy atom. The Balaban J connectivity index is 1.94.